The van der Waals surface area contributed by atoms with Gasteiger partial charge in [0.25, 0.3) is 0 Å². The molecule has 0 aliphatic rings. The minimum Gasteiger partial charge on any atom is -0.423 e. The second kappa shape index (κ2) is 19.0. The lowest BCUT2D eigenvalue weighted by molar-refractivity contribution is 0.0720. The molecule has 8 heteroatoms. The van der Waals surface area contributed by atoms with Gasteiger partial charge in [0.1, 0.15) is 23.0 Å². The summed E-state index contributed by atoms with van der Waals surface area (Å²) in [6.45, 7) is 4.28. The van der Waals surface area contributed by atoms with Crippen LogP contribution in [0, 0.1) is 0 Å². The van der Waals surface area contributed by atoms with Crippen LogP contribution in [-0.4, -0.2) is 23.9 Å². The minimum atomic E-state index is -0.566. The van der Waals surface area contributed by atoms with Crippen LogP contribution in [-0.2, 0) is 12.8 Å². The standard InChI is InChI=1S/C48H42O8/c1-3-5-8-33-12-16-36(17-13-33)45(49)54-42-28-22-38(23-29-42)47(51)53-41-26-20-35(21-27-41)40-10-7-11-44(32-40)56-48(52)39-24-30-43(31-25-39)55-46(50)37-18-14-34(15-19-37)9-6-4-2/h7,10-32H,3-6,8-9H2,1-2H3. The third kappa shape index (κ3) is 10.7. The molecule has 56 heavy (non-hydrogen) atoms. The third-order valence-corrected chi connectivity index (χ3v) is 9.06. The van der Waals surface area contributed by atoms with Gasteiger partial charge in [-0.1, -0.05) is 75.2 Å². The molecule has 0 saturated carbocycles. The van der Waals surface area contributed by atoms with Gasteiger partial charge in [-0.2, -0.15) is 0 Å². The van der Waals surface area contributed by atoms with Crippen molar-refractivity contribution in [2.24, 2.45) is 0 Å². The molecule has 282 valence electrons. The first-order valence-electron chi connectivity index (χ1n) is 18.7. The van der Waals surface area contributed by atoms with Crippen LogP contribution in [0.1, 0.15) is 92.1 Å². The summed E-state index contributed by atoms with van der Waals surface area (Å²) < 4.78 is 22.2. The number of ether oxygens (including phenoxy) is 4. The van der Waals surface area contributed by atoms with Gasteiger partial charge < -0.3 is 18.9 Å². The lowest BCUT2D eigenvalue weighted by Crippen LogP contribution is -2.10. The summed E-state index contributed by atoms with van der Waals surface area (Å²) in [6, 6.07) is 41.2. The molecular weight excluding hydrogens is 705 g/mol. The summed E-state index contributed by atoms with van der Waals surface area (Å²) in [5.74, 6) is -0.769. The minimum absolute atomic E-state index is 0.292. The SMILES string of the molecule is CCCCc1ccc(C(=O)Oc2ccc(C(=O)Oc3ccc(-c4cccc(OC(=O)c5ccc(OC(=O)c6ccc(CCCC)cc6)cc5)c4)cc3)cc2)cc1. The van der Waals surface area contributed by atoms with E-state index in [-0.39, 0.29) is 0 Å². The van der Waals surface area contributed by atoms with Gasteiger partial charge in [0.05, 0.1) is 22.3 Å². The van der Waals surface area contributed by atoms with Crippen LogP contribution in [0.15, 0.2) is 146 Å². The van der Waals surface area contributed by atoms with E-state index in [1.54, 1.807) is 103 Å². The Kier molecular flexibility index (Phi) is 13.2. The third-order valence-electron chi connectivity index (χ3n) is 9.06. The average molecular weight is 747 g/mol. The van der Waals surface area contributed by atoms with E-state index in [9.17, 15) is 19.2 Å². The molecule has 0 aliphatic carbocycles. The summed E-state index contributed by atoms with van der Waals surface area (Å²) >= 11 is 0. The molecule has 6 rings (SSSR count). The molecular formula is C48H42O8. The predicted octanol–water partition coefficient (Wildman–Crippen LogP) is 10.9. The van der Waals surface area contributed by atoms with Crippen LogP contribution in [0.2, 0.25) is 0 Å². The van der Waals surface area contributed by atoms with Crippen molar-refractivity contribution in [1.82, 2.24) is 0 Å². The predicted molar refractivity (Wildman–Crippen MR) is 215 cm³/mol. The summed E-state index contributed by atoms with van der Waals surface area (Å²) in [4.78, 5) is 51.0. The van der Waals surface area contributed by atoms with E-state index in [0.717, 1.165) is 49.7 Å². The fourth-order valence-corrected chi connectivity index (χ4v) is 5.81. The Hall–Kier alpha value is -6.80. The van der Waals surface area contributed by atoms with E-state index in [4.69, 9.17) is 18.9 Å². The number of benzene rings is 6. The van der Waals surface area contributed by atoms with Crippen LogP contribution in [0.5, 0.6) is 23.0 Å². The maximum atomic E-state index is 12.9. The quantitative estimate of drug-likeness (QED) is 0.0755. The Morgan fingerprint density at radius 3 is 1.09 bits per heavy atom. The normalized spacial score (nSPS) is 10.7. The number of aryl methyl sites for hydroxylation is 2. The van der Waals surface area contributed by atoms with Gasteiger partial charge in [0, 0.05) is 0 Å². The van der Waals surface area contributed by atoms with Gasteiger partial charge in [0.15, 0.2) is 0 Å². The summed E-state index contributed by atoms with van der Waals surface area (Å²) in [7, 11) is 0. The largest absolute Gasteiger partial charge is 0.423 e. The maximum absolute atomic E-state index is 12.9. The van der Waals surface area contributed by atoms with Gasteiger partial charge in [0.2, 0.25) is 0 Å². The number of hydrogen-bond acceptors (Lipinski definition) is 8. The molecule has 0 heterocycles. The Morgan fingerprint density at radius 2 is 0.714 bits per heavy atom. The summed E-state index contributed by atoms with van der Waals surface area (Å²) in [5.41, 5.74) is 5.44. The molecule has 0 bridgehead atoms. The maximum Gasteiger partial charge on any atom is 0.343 e. The van der Waals surface area contributed by atoms with Crippen molar-refractivity contribution in [3.8, 4) is 34.1 Å². The van der Waals surface area contributed by atoms with Gasteiger partial charge in [-0.05, 0) is 145 Å². The van der Waals surface area contributed by atoms with E-state index in [0.29, 0.717) is 45.3 Å². The number of unbranched alkanes of at least 4 members (excludes halogenated alkanes) is 2. The molecule has 6 aromatic rings. The first-order valence-corrected chi connectivity index (χ1v) is 18.7. The van der Waals surface area contributed by atoms with Crippen LogP contribution < -0.4 is 18.9 Å². The molecule has 0 N–H and O–H groups in total. The van der Waals surface area contributed by atoms with Gasteiger partial charge in [-0.25, -0.2) is 19.2 Å². The summed E-state index contributed by atoms with van der Waals surface area (Å²) in [5, 5.41) is 0. The zero-order chi connectivity index (χ0) is 39.3. The highest BCUT2D eigenvalue weighted by Gasteiger charge is 2.15. The zero-order valence-corrected chi connectivity index (χ0v) is 31.4. The fraction of sp³-hybridized carbons (Fsp3) is 0.167. The van der Waals surface area contributed by atoms with E-state index >= 15 is 0 Å². The molecule has 6 aromatic carbocycles. The molecule has 0 radical (unpaired) electrons. The molecule has 0 unspecified atom stereocenters. The smallest absolute Gasteiger partial charge is 0.343 e. The van der Waals surface area contributed by atoms with Crippen molar-refractivity contribution in [3.63, 3.8) is 0 Å². The Labute approximate surface area is 326 Å². The zero-order valence-electron chi connectivity index (χ0n) is 31.4. The monoisotopic (exact) mass is 746 g/mol. The van der Waals surface area contributed by atoms with Crippen molar-refractivity contribution >= 4 is 23.9 Å². The molecule has 0 atom stereocenters. The van der Waals surface area contributed by atoms with Gasteiger partial charge >= 0.3 is 23.9 Å². The van der Waals surface area contributed by atoms with Gasteiger partial charge in [-0.3, -0.25) is 0 Å². The van der Waals surface area contributed by atoms with E-state index in [1.807, 2.05) is 30.3 Å². The first kappa shape index (κ1) is 38.9. The van der Waals surface area contributed by atoms with Crippen LogP contribution in [0.4, 0.5) is 0 Å². The van der Waals surface area contributed by atoms with Crippen molar-refractivity contribution in [1.29, 1.82) is 0 Å². The second-order valence-corrected chi connectivity index (χ2v) is 13.3. The number of carbonyl (C=O) groups is 4. The van der Waals surface area contributed by atoms with Crippen molar-refractivity contribution in [2.45, 2.75) is 52.4 Å². The Balaban J connectivity index is 0.990. The van der Waals surface area contributed by atoms with Crippen LogP contribution in [0.3, 0.4) is 0 Å². The highest BCUT2D eigenvalue weighted by atomic mass is 16.5. The number of hydrogen-bond donors (Lipinski definition) is 0. The average Bonchev–Trinajstić information content (AvgIpc) is 3.23. The Bertz CT molecular complexity index is 2260. The van der Waals surface area contributed by atoms with Crippen LogP contribution >= 0.6 is 0 Å². The molecule has 0 fully saturated rings. The number of rotatable bonds is 15. The molecule has 0 amide bonds. The molecule has 0 saturated heterocycles. The van der Waals surface area contributed by atoms with E-state index in [1.165, 1.54) is 23.3 Å². The highest BCUT2D eigenvalue weighted by molar-refractivity contribution is 5.94. The second-order valence-electron chi connectivity index (χ2n) is 13.3. The van der Waals surface area contributed by atoms with Crippen molar-refractivity contribution < 1.29 is 38.1 Å². The van der Waals surface area contributed by atoms with Gasteiger partial charge in [-0.15, -0.1) is 0 Å². The highest BCUT2D eigenvalue weighted by Crippen LogP contribution is 2.27. The fourth-order valence-electron chi connectivity index (χ4n) is 5.81. The summed E-state index contributed by atoms with van der Waals surface area (Å²) in [6.07, 6.45) is 6.34. The number of esters is 4. The molecule has 0 aromatic heterocycles. The molecule has 8 nitrogen and oxygen atoms in total. The van der Waals surface area contributed by atoms with E-state index in [2.05, 4.69) is 13.8 Å². The lowest BCUT2D eigenvalue weighted by atomic mass is 10.1. The molecule has 0 spiro atoms. The van der Waals surface area contributed by atoms with E-state index < -0.39 is 23.9 Å². The van der Waals surface area contributed by atoms with Crippen molar-refractivity contribution in [3.05, 3.63) is 179 Å². The first-order chi connectivity index (χ1) is 27.3. The Morgan fingerprint density at radius 1 is 0.375 bits per heavy atom. The lowest BCUT2D eigenvalue weighted by Gasteiger charge is -2.09. The molecule has 0 aliphatic heterocycles. The topological polar surface area (TPSA) is 105 Å². The van der Waals surface area contributed by atoms with Crippen molar-refractivity contribution in [2.75, 3.05) is 0 Å². The van der Waals surface area contributed by atoms with Crippen LogP contribution in [0.25, 0.3) is 11.1 Å². The number of carbonyl (C=O) groups excluding carboxylic acids is 4.